The number of carboxylic acid groups (broad SMARTS) is 3. The van der Waals surface area contributed by atoms with Gasteiger partial charge in [-0.15, -0.1) is 0 Å². The van der Waals surface area contributed by atoms with Gasteiger partial charge in [-0.25, -0.2) is 0 Å². The van der Waals surface area contributed by atoms with Crippen LogP contribution in [-0.2, 0) is 14.4 Å². The summed E-state index contributed by atoms with van der Waals surface area (Å²) in [6.07, 6.45) is 1.69. The first kappa shape index (κ1) is 31.0. The second-order valence-electron chi connectivity index (χ2n) is 5.05. The van der Waals surface area contributed by atoms with Crippen molar-refractivity contribution >= 4 is 17.9 Å². The van der Waals surface area contributed by atoms with E-state index < -0.39 is 30.0 Å². The smallest absolute Gasteiger partial charge is 0.320 e. The highest BCUT2D eigenvalue weighted by molar-refractivity contribution is 5.73. The summed E-state index contributed by atoms with van der Waals surface area (Å²) in [7, 11) is 1.00. The molecule has 0 spiro atoms. The fraction of sp³-hybridized carbons (Fsp3) is 0.786. The molecule has 0 aliphatic rings. The number of carboxylic acids is 3. The molecule has 0 bridgehead atoms. The summed E-state index contributed by atoms with van der Waals surface area (Å²) < 4.78 is 0. The molecule has 11 nitrogen and oxygen atoms in total. The van der Waals surface area contributed by atoms with Crippen LogP contribution in [0.2, 0.25) is 0 Å². The SMILES string of the molecule is CC(C)C[C@H](N)C(=O)O.CO.NCC(=O)O.NCCC[C@H](N)C(=O)O. The summed E-state index contributed by atoms with van der Waals surface area (Å²) in [6.45, 7) is 4.12. The molecule has 0 aliphatic heterocycles. The average molecular weight is 370 g/mol. The van der Waals surface area contributed by atoms with Gasteiger partial charge in [0.1, 0.15) is 12.1 Å². The van der Waals surface area contributed by atoms with Gasteiger partial charge in [0.2, 0.25) is 0 Å². The molecule has 0 radical (unpaired) electrons. The standard InChI is InChI=1S/C6H13NO2.C5H12N2O2.C2H5NO2.CH4O/c1-4(2)3-5(7)6(8)9;6-3-1-2-4(7)5(8)9;3-1-2(4)5;1-2/h4-5H,3,7H2,1-2H3,(H,8,9);4H,1-3,6-7H2,(H,8,9);1,3H2,(H,4,5);2H,1H3/t5-;4-;;/m00../s1. The van der Waals surface area contributed by atoms with Crippen molar-refractivity contribution in [3.63, 3.8) is 0 Å². The molecule has 0 aromatic heterocycles. The molecular formula is C14H34N4O7. The maximum Gasteiger partial charge on any atom is 0.320 e. The van der Waals surface area contributed by atoms with Crippen molar-refractivity contribution in [2.24, 2.45) is 28.9 Å². The molecule has 0 fully saturated rings. The number of carbonyl (C=O) groups is 3. The third-order valence-corrected chi connectivity index (χ3v) is 2.25. The zero-order chi connectivity index (χ0) is 21.0. The van der Waals surface area contributed by atoms with Crippen LogP contribution < -0.4 is 22.9 Å². The van der Waals surface area contributed by atoms with Gasteiger partial charge >= 0.3 is 17.9 Å². The molecule has 11 heteroatoms. The second kappa shape index (κ2) is 22.2. The van der Waals surface area contributed by atoms with Gasteiger partial charge in [0.05, 0.1) is 6.54 Å². The zero-order valence-electron chi connectivity index (χ0n) is 15.1. The van der Waals surface area contributed by atoms with Gasteiger partial charge in [0, 0.05) is 7.11 Å². The molecule has 0 aromatic rings. The first-order chi connectivity index (χ1) is 11.5. The molecule has 152 valence electrons. The number of nitrogens with two attached hydrogens (primary N) is 4. The minimum Gasteiger partial charge on any atom is -0.480 e. The molecule has 0 aliphatic carbocycles. The molecule has 0 aromatic carbocycles. The minimum atomic E-state index is -0.968. The Morgan fingerprint density at radius 2 is 1.24 bits per heavy atom. The summed E-state index contributed by atoms with van der Waals surface area (Å²) in [5, 5.41) is 31.1. The summed E-state index contributed by atoms with van der Waals surface area (Å²) in [5.41, 5.74) is 20.1. The zero-order valence-corrected chi connectivity index (χ0v) is 15.1. The number of aliphatic carboxylic acids is 3. The molecule has 0 heterocycles. The van der Waals surface area contributed by atoms with E-state index in [2.05, 4.69) is 5.73 Å². The Hall–Kier alpha value is -1.79. The quantitative estimate of drug-likeness (QED) is 0.237. The van der Waals surface area contributed by atoms with E-state index in [1.54, 1.807) is 0 Å². The van der Waals surface area contributed by atoms with E-state index in [0.29, 0.717) is 31.7 Å². The van der Waals surface area contributed by atoms with E-state index in [0.717, 1.165) is 7.11 Å². The van der Waals surface area contributed by atoms with Crippen molar-refractivity contribution in [3.05, 3.63) is 0 Å². The topological polar surface area (TPSA) is 236 Å². The molecule has 0 rings (SSSR count). The maximum atomic E-state index is 10.1. The van der Waals surface area contributed by atoms with Crippen molar-refractivity contribution in [1.29, 1.82) is 0 Å². The van der Waals surface area contributed by atoms with Crippen LogP contribution in [0, 0.1) is 5.92 Å². The first-order valence-corrected chi connectivity index (χ1v) is 7.52. The van der Waals surface area contributed by atoms with Gasteiger partial charge in [-0.3, -0.25) is 14.4 Å². The van der Waals surface area contributed by atoms with E-state index in [4.69, 9.17) is 37.6 Å². The van der Waals surface area contributed by atoms with Crippen LogP contribution in [0.25, 0.3) is 0 Å². The number of aliphatic hydroxyl groups excluding tert-OH is 1. The highest BCUT2D eigenvalue weighted by Crippen LogP contribution is 2.01. The van der Waals surface area contributed by atoms with Crippen molar-refractivity contribution < 1.29 is 34.8 Å². The van der Waals surface area contributed by atoms with Crippen LogP contribution in [0.1, 0.15) is 33.1 Å². The lowest BCUT2D eigenvalue weighted by Crippen LogP contribution is -2.31. The Bertz CT molecular complexity index is 341. The fourth-order valence-corrected chi connectivity index (χ4v) is 1.07. The molecule has 25 heavy (non-hydrogen) atoms. The van der Waals surface area contributed by atoms with Crippen LogP contribution in [0.3, 0.4) is 0 Å². The van der Waals surface area contributed by atoms with Crippen LogP contribution >= 0.6 is 0 Å². The van der Waals surface area contributed by atoms with Crippen molar-refractivity contribution in [2.75, 3.05) is 20.2 Å². The lowest BCUT2D eigenvalue weighted by molar-refractivity contribution is -0.139. The molecule has 0 saturated heterocycles. The monoisotopic (exact) mass is 370 g/mol. The third-order valence-electron chi connectivity index (χ3n) is 2.25. The largest absolute Gasteiger partial charge is 0.480 e. The number of hydrogen-bond donors (Lipinski definition) is 8. The van der Waals surface area contributed by atoms with E-state index in [1.165, 1.54) is 0 Å². The summed E-state index contributed by atoms with van der Waals surface area (Å²) in [5.74, 6) is -2.48. The van der Waals surface area contributed by atoms with Crippen molar-refractivity contribution in [2.45, 2.75) is 45.2 Å². The molecule has 0 saturated carbocycles. The third kappa shape index (κ3) is 34.5. The highest BCUT2D eigenvalue weighted by Gasteiger charge is 2.12. The van der Waals surface area contributed by atoms with Crippen molar-refractivity contribution in [1.82, 2.24) is 0 Å². The molecule has 0 amide bonds. The van der Waals surface area contributed by atoms with E-state index in [1.807, 2.05) is 13.8 Å². The Kier molecular flexibility index (Phi) is 27.6. The summed E-state index contributed by atoms with van der Waals surface area (Å²) in [4.78, 5) is 29.4. The van der Waals surface area contributed by atoms with E-state index in [-0.39, 0.29) is 6.54 Å². The molecular weight excluding hydrogens is 336 g/mol. The van der Waals surface area contributed by atoms with Crippen LogP contribution in [-0.4, -0.2) is 70.6 Å². The Morgan fingerprint density at radius 3 is 1.40 bits per heavy atom. The number of rotatable bonds is 8. The Morgan fingerprint density at radius 1 is 0.880 bits per heavy atom. The van der Waals surface area contributed by atoms with Gasteiger partial charge < -0.3 is 43.4 Å². The van der Waals surface area contributed by atoms with Gasteiger partial charge in [-0.05, 0) is 31.7 Å². The van der Waals surface area contributed by atoms with E-state index >= 15 is 0 Å². The van der Waals surface area contributed by atoms with Crippen LogP contribution in [0.5, 0.6) is 0 Å². The predicted octanol–water partition coefficient (Wildman–Crippen LogP) is -1.78. The molecule has 0 unspecified atom stereocenters. The second-order valence-corrected chi connectivity index (χ2v) is 5.05. The lowest BCUT2D eigenvalue weighted by atomic mass is 10.1. The summed E-state index contributed by atoms with van der Waals surface area (Å²) >= 11 is 0. The van der Waals surface area contributed by atoms with Gasteiger partial charge in [0.25, 0.3) is 0 Å². The number of aliphatic hydroxyl groups is 1. The highest BCUT2D eigenvalue weighted by atomic mass is 16.4. The van der Waals surface area contributed by atoms with E-state index in [9.17, 15) is 14.4 Å². The average Bonchev–Trinajstić information content (AvgIpc) is 2.54. The Balaban J connectivity index is -0.000000131. The van der Waals surface area contributed by atoms with Gasteiger partial charge in [0.15, 0.2) is 0 Å². The lowest BCUT2D eigenvalue weighted by Gasteiger charge is -2.07. The molecule has 2 atom stereocenters. The van der Waals surface area contributed by atoms with Gasteiger partial charge in [-0.1, -0.05) is 13.8 Å². The summed E-state index contributed by atoms with van der Waals surface area (Å²) in [6, 6.07) is -1.43. The van der Waals surface area contributed by atoms with Crippen LogP contribution in [0.15, 0.2) is 0 Å². The predicted molar refractivity (Wildman–Crippen MR) is 93.8 cm³/mol. The molecule has 12 N–H and O–H groups in total. The van der Waals surface area contributed by atoms with Gasteiger partial charge in [-0.2, -0.15) is 0 Å². The number of hydrogen-bond acceptors (Lipinski definition) is 8. The first-order valence-electron chi connectivity index (χ1n) is 7.52. The van der Waals surface area contributed by atoms with Crippen LogP contribution in [0.4, 0.5) is 0 Å². The fourth-order valence-electron chi connectivity index (χ4n) is 1.07. The maximum absolute atomic E-state index is 10.1. The minimum absolute atomic E-state index is 0.278. The normalized spacial score (nSPS) is 11.4. The Labute approximate surface area is 148 Å². The van der Waals surface area contributed by atoms with Crippen molar-refractivity contribution in [3.8, 4) is 0 Å².